The molecule has 0 radical (unpaired) electrons. The maximum Gasteiger partial charge on any atom is 0.263 e. The number of piperidine rings is 1. The molecule has 10 nitrogen and oxygen atoms in total. The predicted octanol–water partition coefficient (Wildman–Crippen LogP) is 7.87. The fraction of sp³-hybridized carbons (Fsp3) is 0.500. The highest BCUT2D eigenvalue weighted by molar-refractivity contribution is 7.84. The number of allylic oxidation sites excluding steroid dienone is 1. The molecule has 1 N–H and O–H groups in total. The third kappa shape index (κ3) is 6.98. The molecule has 4 heterocycles. The summed E-state index contributed by atoms with van der Waals surface area (Å²) in [4.78, 5) is 30.2. The Labute approximate surface area is 315 Å². The lowest BCUT2D eigenvalue weighted by atomic mass is 9.81. The quantitative estimate of drug-likeness (QED) is 0.177. The molecule has 0 spiro atoms. The van der Waals surface area contributed by atoms with Crippen LogP contribution in [0.25, 0.3) is 33.8 Å². The summed E-state index contributed by atoms with van der Waals surface area (Å²) in [5.41, 5.74) is 8.21. The van der Waals surface area contributed by atoms with Gasteiger partial charge in [0.1, 0.15) is 16.7 Å². The van der Waals surface area contributed by atoms with E-state index in [4.69, 9.17) is 9.47 Å². The molecular weight excluding hydrogens is 687 g/mol. The van der Waals surface area contributed by atoms with E-state index in [0.717, 1.165) is 76.8 Å². The summed E-state index contributed by atoms with van der Waals surface area (Å²) >= 11 is 0. The number of methoxy groups -OCH3 is 2. The van der Waals surface area contributed by atoms with E-state index in [2.05, 4.69) is 45.6 Å². The number of aromatic nitrogens is 3. The summed E-state index contributed by atoms with van der Waals surface area (Å²) in [7, 11) is 3.79. The normalized spacial score (nSPS) is 20.3. The summed E-state index contributed by atoms with van der Waals surface area (Å²) in [6.07, 6.45) is 13.3. The van der Waals surface area contributed by atoms with Gasteiger partial charge in [0, 0.05) is 42.2 Å². The number of benzene rings is 2. The van der Waals surface area contributed by atoms with E-state index in [-0.39, 0.29) is 29.1 Å². The molecule has 282 valence electrons. The van der Waals surface area contributed by atoms with Gasteiger partial charge in [0.2, 0.25) is 0 Å². The Hall–Kier alpha value is -4.22. The summed E-state index contributed by atoms with van der Waals surface area (Å²) in [5, 5.41) is 5.66. The Kier molecular flexibility index (Phi) is 10.9. The number of rotatable bonds is 10. The van der Waals surface area contributed by atoms with Crippen molar-refractivity contribution in [2.24, 2.45) is 7.05 Å². The van der Waals surface area contributed by atoms with Gasteiger partial charge in [-0.15, -0.1) is 0 Å². The number of carbonyl (C=O) groups excluding carboxylic acids is 2. The number of fused-ring (bicyclic) bond motifs is 5. The van der Waals surface area contributed by atoms with E-state index >= 15 is 0 Å². The zero-order chi connectivity index (χ0) is 37.4. The molecule has 7 rings (SSSR count). The molecule has 4 aromatic rings. The largest absolute Gasteiger partial charge is 0.497 e. The SMILES string of the molecule is CCC(C)S(=O)NC(=O)c1ccc2c(C3CCCCC3)c3n(c2c1)CC(c1c(C(=O)N2C(C)CCCC2COC)cnn1C)=Cc1cc(OC)ccc1-3. The summed E-state index contributed by atoms with van der Waals surface area (Å²) in [6, 6.07) is 12.2. The van der Waals surface area contributed by atoms with Crippen molar-refractivity contribution in [3.05, 3.63) is 70.5 Å². The first-order chi connectivity index (χ1) is 25.6. The van der Waals surface area contributed by atoms with Gasteiger partial charge < -0.3 is 18.9 Å². The van der Waals surface area contributed by atoms with E-state index in [0.29, 0.717) is 36.6 Å². The molecule has 2 amide bonds. The molecule has 2 aromatic heterocycles. The van der Waals surface area contributed by atoms with Crippen LogP contribution < -0.4 is 9.46 Å². The van der Waals surface area contributed by atoms with Crippen molar-refractivity contribution in [1.29, 1.82) is 0 Å². The van der Waals surface area contributed by atoms with Crippen LogP contribution in [0.1, 0.15) is 122 Å². The van der Waals surface area contributed by atoms with Gasteiger partial charge in [-0.25, -0.2) is 4.21 Å². The number of hydrogen-bond acceptors (Lipinski definition) is 6. The highest BCUT2D eigenvalue weighted by Gasteiger charge is 2.36. The summed E-state index contributed by atoms with van der Waals surface area (Å²) in [6.45, 7) is 6.92. The zero-order valence-electron chi connectivity index (χ0n) is 31.9. The Balaban J connectivity index is 1.42. The van der Waals surface area contributed by atoms with Gasteiger partial charge in [-0.3, -0.25) is 19.0 Å². The van der Waals surface area contributed by atoms with Crippen LogP contribution in [0.15, 0.2) is 42.6 Å². The number of ether oxygens (including phenoxy) is 2. The van der Waals surface area contributed by atoms with Crippen molar-refractivity contribution in [2.75, 3.05) is 20.8 Å². The molecule has 1 saturated carbocycles. The predicted molar refractivity (Wildman–Crippen MR) is 211 cm³/mol. The zero-order valence-corrected chi connectivity index (χ0v) is 32.8. The average molecular weight is 740 g/mol. The van der Waals surface area contributed by atoms with E-state index in [1.807, 2.05) is 48.7 Å². The third-order valence-corrected chi connectivity index (χ3v) is 13.2. The van der Waals surface area contributed by atoms with Gasteiger partial charge >= 0.3 is 0 Å². The smallest absolute Gasteiger partial charge is 0.263 e. The number of likely N-dealkylation sites (tertiary alicyclic amines) is 1. The number of hydrogen-bond donors (Lipinski definition) is 1. The summed E-state index contributed by atoms with van der Waals surface area (Å²) in [5.74, 6) is 0.730. The van der Waals surface area contributed by atoms with Crippen LogP contribution in [0.5, 0.6) is 5.75 Å². The first-order valence-corrected chi connectivity index (χ1v) is 20.5. The maximum atomic E-state index is 14.6. The van der Waals surface area contributed by atoms with Crippen LogP contribution in [-0.2, 0) is 29.3 Å². The van der Waals surface area contributed by atoms with Crippen molar-refractivity contribution in [2.45, 2.75) is 108 Å². The number of nitrogens with zero attached hydrogens (tertiary/aromatic N) is 4. The van der Waals surface area contributed by atoms with Crippen LogP contribution in [-0.4, -0.2) is 73.4 Å². The molecule has 4 unspecified atom stereocenters. The molecule has 11 heteroatoms. The molecule has 1 saturated heterocycles. The topological polar surface area (TPSA) is 108 Å². The Morgan fingerprint density at radius 3 is 2.55 bits per heavy atom. The fourth-order valence-electron chi connectivity index (χ4n) is 8.85. The highest BCUT2D eigenvalue weighted by Crippen LogP contribution is 2.48. The molecule has 2 aromatic carbocycles. The second-order valence-electron chi connectivity index (χ2n) is 15.1. The minimum Gasteiger partial charge on any atom is -0.497 e. The molecule has 1 aliphatic carbocycles. The van der Waals surface area contributed by atoms with Crippen LogP contribution >= 0.6 is 0 Å². The van der Waals surface area contributed by atoms with E-state index in [1.54, 1.807) is 20.4 Å². The van der Waals surface area contributed by atoms with Crippen LogP contribution in [0.2, 0.25) is 0 Å². The third-order valence-electron chi connectivity index (χ3n) is 11.8. The van der Waals surface area contributed by atoms with E-state index in [9.17, 15) is 13.8 Å². The Bertz CT molecular complexity index is 2070. The van der Waals surface area contributed by atoms with E-state index in [1.165, 1.54) is 24.8 Å². The second kappa shape index (κ2) is 15.6. The van der Waals surface area contributed by atoms with E-state index < -0.39 is 11.0 Å². The van der Waals surface area contributed by atoms with Crippen LogP contribution in [0.4, 0.5) is 0 Å². The average Bonchev–Trinajstić information content (AvgIpc) is 3.65. The molecule has 53 heavy (non-hydrogen) atoms. The Morgan fingerprint density at radius 2 is 1.81 bits per heavy atom. The van der Waals surface area contributed by atoms with Crippen LogP contribution in [0, 0.1) is 0 Å². The maximum absolute atomic E-state index is 14.6. The van der Waals surface area contributed by atoms with Crippen molar-refractivity contribution >= 4 is 45.4 Å². The van der Waals surface area contributed by atoms with Gasteiger partial charge in [-0.2, -0.15) is 5.10 Å². The molecule has 2 fully saturated rings. The van der Waals surface area contributed by atoms with Gasteiger partial charge in [0.15, 0.2) is 0 Å². The number of carbonyl (C=O) groups is 2. The van der Waals surface area contributed by atoms with Crippen molar-refractivity contribution < 1.29 is 23.3 Å². The van der Waals surface area contributed by atoms with Crippen molar-refractivity contribution in [3.63, 3.8) is 0 Å². The summed E-state index contributed by atoms with van der Waals surface area (Å²) < 4.78 is 31.1. The minimum absolute atomic E-state index is 0.00494. The first-order valence-electron chi connectivity index (χ1n) is 19.3. The lowest BCUT2D eigenvalue weighted by Crippen LogP contribution is -2.50. The standard InChI is InChI=1S/C42H53N5O5S/c1-7-27(3)53(50)44-41(48)29-16-18-35-37(22-29)46-24-31(39-36(23-43-45(39)4)42(49)47-26(2)12-11-15-32(47)25-51-5)20-30-21-33(52-6)17-19-34(30)40(46)38(35)28-13-9-8-10-14-28/h16-23,26-28,32H,7-15,24-25H2,1-6H3,(H,44,48). The van der Waals surface area contributed by atoms with Gasteiger partial charge in [-0.05, 0) is 111 Å². The Morgan fingerprint density at radius 1 is 1.02 bits per heavy atom. The molecule has 4 atom stereocenters. The van der Waals surface area contributed by atoms with Crippen molar-refractivity contribution in [3.8, 4) is 17.0 Å². The second-order valence-corrected chi connectivity index (χ2v) is 16.7. The highest BCUT2D eigenvalue weighted by atomic mass is 32.2. The number of amides is 2. The number of nitrogens with one attached hydrogen (secondary N) is 1. The molecular formula is C42H53N5O5S. The lowest BCUT2D eigenvalue weighted by molar-refractivity contribution is 0.0264. The van der Waals surface area contributed by atoms with Crippen molar-refractivity contribution in [1.82, 2.24) is 24.0 Å². The first kappa shape index (κ1) is 37.1. The van der Waals surface area contributed by atoms with Gasteiger partial charge in [0.25, 0.3) is 11.8 Å². The molecule has 2 aliphatic heterocycles. The molecule has 0 bridgehead atoms. The van der Waals surface area contributed by atoms with Crippen LogP contribution in [0.3, 0.4) is 0 Å². The fourth-order valence-corrected chi connectivity index (χ4v) is 9.66. The molecule has 3 aliphatic rings. The minimum atomic E-state index is -1.49. The lowest BCUT2D eigenvalue weighted by Gasteiger charge is -2.40. The van der Waals surface area contributed by atoms with Gasteiger partial charge in [-0.1, -0.05) is 32.3 Å². The monoisotopic (exact) mass is 739 g/mol. The number of aryl methyl sites for hydroxylation is 1. The van der Waals surface area contributed by atoms with Gasteiger partial charge in [0.05, 0.1) is 54.7 Å².